The lowest BCUT2D eigenvalue weighted by atomic mass is 10.0. The number of Topliss-reactive ketones (excluding diaryl/α,β-unsaturated/α-hetero) is 1. The third-order valence-corrected chi connectivity index (χ3v) is 3.19. The largest absolute Gasteiger partial charge is 0.305 e. The van der Waals surface area contributed by atoms with Crippen LogP contribution < -0.4 is 5.32 Å². The average Bonchev–Trinajstić information content (AvgIpc) is 2.32. The Morgan fingerprint density at radius 1 is 1.59 bits per heavy atom. The summed E-state index contributed by atoms with van der Waals surface area (Å²) in [5, 5.41) is 3.14. The highest BCUT2D eigenvalue weighted by molar-refractivity contribution is 6.31. The molecule has 0 radical (unpaired) electrons. The molecule has 0 aliphatic carbocycles. The first-order valence-corrected chi connectivity index (χ1v) is 5.87. The molecular weight excluding hydrogens is 243 g/mol. The van der Waals surface area contributed by atoms with E-state index in [0.29, 0.717) is 12.1 Å². The molecule has 3 nitrogen and oxygen atoms in total. The summed E-state index contributed by atoms with van der Waals surface area (Å²) in [6.45, 7) is 2.36. The van der Waals surface area contributed by atoms with Crippen LogP contribution >= 0.6 is 11.6 Å². The Morgan fingerprint density at radius 2 is 2.35 bits per heavy atom. The second kappa shape index (κ2) is 5.12. The highest BCUT2D eigenvalue weighted by atomic mass is 35.5. The number of hydrogen-bond donors (Lipinski definition) is 1. The van der Waals surface area contributed by atoms with Crippen molar-refractivity contribution >= 4 is 17.4 Å². The molecule has 1 atom stereocenters. The Labute approximate surface area is 105 Å². The van der Waals surface area contributed by atoms with Gasteiger partial charge in [-0.25, -0.2) is 4.39 Å². The summed E-state index contributed by atoms with van der Waals surface area (Å²) in [5.74, 6) is -0.546. The van der Waals surface area contributed by atoms with Gasteiger partial charge in [0, 0.05) is 25.2 Å². The van der Waals surface area contributed by atoms with Crippen molar-refractivity contribution in [2.45, 2.75) is 6.04 Å². The monoisotopic (exact) mass is 256 g/mol. The molecule has 5 heteroatoms. The Morgan fingerprint density at radius 3 is 3.00 bits per heavy atom. The molecule has 1 N–H and O–H groups in total. The van der Waals surface area contributed by atoms with Crippen molar-refractivity contribution in [1.29, 1.82) is 0 Å². The molecule has 17 heavy (non-hydrogen) atoms. The molecule has 0 bridgehead atoms. The van der Waals surface area contributed by atoms with Crippen LogP contribution in [0.1, 0.15) is 10.4 Å². The van der Waals surface area contributed by atoms with Crippen LogP contribution in [0.4, 0.5) is 4.39 Å². The van der Waals surface area contributed by atoms with Gasteiger partial charge in [-0.15, -0.1) is 0 Å². The van der Waals surface area contributed by atoms with Gasteiger partial charge in [0.2, 0.25) is 0 Å². The first-order chi connectivity index (χ1) is 8.08. The van der Waals surface area contributed by atoms with Crippen LogP contribution in [0.2, 0.25) is 5.02 Å². The molecule has 1 heterocycles. The van der Waals surface area contributed by atoms with Gasteiger partial charge in [0.25, 0.3) is 0 Å². The lowest BCUT2D eigenvalue weighted by molar-refractivity contribution is 0.0894. The van der Waals surface area contributed by atoms with E-state index >= 15 is 0 Å². The maximum absolute atomic E-state index is 13.0. The Kier molecular flexibility index (Phi) is 3.76. The summed E-state index contributed by atoms with van der Waals surface area (Å²) >= 11 is 5.67. The van der Waals surface area contributed by atoms with E-state index in [1.165, 1.54) is 18.2 Å². The van der Waals surface area contributed by atoms with Crippen LogP contribution in [0.3, 0.4) is 0 Å². The third kappa shape index (κ3) is 2.83. The van der Waals surface area contributed by atoms with Gasteiger partial charge in [0.15, 0.2) is 5.78 Å². The molecule has 0 saturated carbocycles. The van der Waals surface area contributed by atoms with E-state index in [9.17, 15) is 9.18 Å². The molecule has 2 rings (SSSR count). The fourth-order valence-electron chi connectivity index (χ4n) is 1.92. The zero-order valence-corrected chi connectivity index (χ0v) is 10.3. The van der Waals surface area contributed by atoms with Gasteiger partial charge in [0.05, 0.1) is 11.1 Å². The van der Waals surface area contributed by atoms with Crippen LogP contribution in [0.15, 0.2) is 18.2 Å². The standard InChI is InChI=1S/C12H14ClFN2O/c1-16-5-4-15-11(7-16)12(17)8-2-3-10(14)9(13)6-8/h2-3,6,11,15H,4-5,7H2,1H3. The quantitative estimate of drug-likeness (QED) is 0.816. The van der Waals surface area contributed by atoms with Crippen molar-refractivity contribution in [3.63, 3.8) is 0 Å². The molecule has 1 aliphatic rings. The zero-order valence-electron chi connectivity index (χ0n) is 9.54. The molecule has 1 aromatic rings. The number of benzene rings is 1. The summed E-state index contributed by atoms with van der Waals surface area (Å²) in [6, 6.07) is 3.84. The van der Waals surface area contributed by atoms with E-state index in [4.69, 9.17) is 11.6 Å². The van der Waals surface area contributed by atoms with E-state index in [-0.39, 0.29) is 16.8 Å². The number of hydrogen-bond acceptors (Lipinski definition) is 3. The van der Waals surface area contributed by atoms with Gasteiger partial charge in [0.1, 0.15) is 5.82 Å². The van der Waals surface area contributed by atoms with Gasteiger partial charge in [-0.1, -0.05) is 11.6 Å². The number of nitrogens with one attached hydrogen (secondary N) is 1. The molecule has 0 aromatic heterocycles. The fraction of sp³-hybridized carbons (Fsp3) is 0.417. The average molecular weight is 257 g/mol. The third-order valence-electron chi connectivity index (χ3n) is 2.90. The number of carbonyl (C=O) groups excluding carboxylic acids is 1. The summed E-state index contributed by atoms with van der Waals surface area (Å²) in [7, 11) is 1.97. The van der Waals surface area contributed by atoms with Crippen LogP contribution in [0, 0.1) is 5.82 Å². The molecular formula is C12H14ClFN2O. The van der Waals surface area contributed by atoms with E-state index in [1.807, 2.05) is 7.05 Å². The number of ketones is 1. The predicted octanol–water partition coefficient (Wildman–Crippen LogP) is 1.57. The number of piperazine rings is 1. The molecule has 1 aromatic carbocycles. The SMILES string of the molecule is CN1CCNC(C(=O)c2ccc(F)c(Cl)c2)C1. The van der Waals surface area contributed by atoms with Gasteiger partial charge in [-0.2, -0.15) is 0 Å². The maximum atomic E-state index is 13.0. The first kappa shape index (κ1) is 12.5. The highest BCUT2D eigenvalue weighted by Gasteiger charge is 2.24. The van der Waals surface area contributed by atoms with E-state index in [1.54, 1.807) is 0 Å². The van der Waals surface area contributed by atoms with Crippen LogP contribution in [0.5, 0.6) is 0 Å². The van der Waals surface area contributed by atoms with Crippen LogP contribution in [-0.4, -0.2) is 43.4 Å². The fourth-order valence-corrected chi connectivity index (χ4v) is 2.10. The van der Waals surface area contributed by atoms with Crippen molar-refractivity contribution in [1.82, 2.24) is 10.2 Å². The summed E-state index contributed by atoms with van der Waals surface area (Å²) in [4.78, 5) is 14.2. The number of halogens is 2. The van der Waals surface area contributed by atoms with E-state index in [2.05, 4.69) is 10.2 Å². The molecule has 0 amide bonds. The van der Waals surface area contributed by atoms with Crippen LogP contribution in [-0.2, 0) is 0 Å². The highest BCUT2D eigenvalue weighted by Crippen LogP contribution is 2.17. The van der Waals surface area contributed by atoms with E-state index in [0.717, 1.165) is 13.1 Å². The first-order valence-electron chi connectivity index (χ1n) is 5.49. The van der Waals surface area contributed by atoms with Crippen molar-refractivity contribution in [3.05, 3.63) is 34.6 Å². The summed E-state index contributed by atoms with van der Waals surface area (Å²) in [6.07, 6.45) is 0. The molecule has 1 aliphatic heterocycles. The summed E-state index contributed by atoms with van der Waals surface area (Å²) < 4.78 is 13.0. The minimum Gasteiger partial charge on any atom is -0.305 e. The van der Waals surface area contributed by atoms with E-state index < -0.39 is 5.82 Å². The Bertz CT molecular complexity index is 439. The number of rotatable bonds is 2. The van der Waals surface area contributed by atoms with Gasteiger partial charge >= 0.3 is 0 Å². The van der Waals surface area contributed by atoms with Gasteiger partial charge < -0.3 is 10.2 Å². The van der Waals surface area contributed by atoms with Crippen molar-refractivity contribution in [2.75, 3.05) is 26.7 Å². The van der Waals surface area contributed by atoms with Crippen molar-refractivity contribution in [3.8, 4) is 0 Å². The number of likely N-dealkylation sites (N-methyl/N-ethyl adjacent to an activating group) is 1. The second-order valence-electron chi connectivity index (χ2n) is 4.26. The lowest BCUT2D eigenvalue weighted by Crippen LogP contribution is -2.52. The van der Waals surface area contributed by atoms with Gasteiger partial charge in [-0.05, 0) is 25.2 Å². The molecule has 0 spiro atoms. The van der Waals surface area contributed by atoms with Gasteiger partial charge in [-0.3, -0.25) is 4.79 Å². The molecule has 92 valence electrons. The zero-order chi connectivity index (χ0) is 12.4. The van der Waals surface area contributed by atoms with Crippen molar-refractivity contribution in [2.24, 2.45) is 0 Å². The minimum atomic E-state index is -0.503. The predicted molar refractivity (Wildman–Crippen MR) is 65.0 cm³/mol. The molecule has 1 fully saturated rings. The Balaban J connectivity index is 2.15. The van der Waals surface area contributed by atoms with Crippen molar-refractivity contribution < 1.29 is 9.18 Å². The molecule has 1 unspecified atom stereocenters. The number of carbonyl (C=O) groups is 1. The summed E-state index contributed by atoms with van der Waals surface area (Å²) in [5.41, 5.74) is 0.448. The maximum Gasteiger partial charge on any atom is 0.181 e. The minimum absolute atomic E-state index is 0.0139. The molecule has 1 saturated heterocycles. The van der Waals surface area contributed by atoms with Crippen LogP contribution in [0.25, 0.3) is 0 Å². The second-order valence-corrected chi connectivity index (χ2v) is 4.67. The topological polar surface area (TPSA) is 32.3 Å². The smallest absolute Gasteiger partial charge is 0.181 e. The number of nitrogens with zero attached hydrogens (tertiary/aromatic N) is 1. The Hall–Kier alpha value is -0.970. The normalized spacial score (nSPS) is 21.5. The lowest BCUT2D eigenvalue weighted by Gasteiger charge is -2.29.